The van der Waals surface area contributed by atoms with Crippen LogP contribution in [-0.4, -0.2) is 5.91 Å². The van der Waals surface area contributed by atoms with Crippen LogP contribution in [0, 0.1) is 0 Å². The Morgan fingerprint density at radius 2 is 1.94 bits per heavy atom. The maximum absolute atomic E-state index is 11.7. The van der Waals surface area contributed by atoms with Crippen LogP contribution in [0.15, 0.2) is 66.9 Å². The number of allylic oxidation sites excluding steroid dienone is 4. The lowest BCUT2D eigenvalue weighted by molar-refractivity contribution is 0.0939. The van der Waals surface area contributed by atoms with Crippen LogP contribution in [0.3, 0.4) is 0 Å². The minimum atomic E-state index is -0.169. The van der Waals surface area contributed by atoms with E-state index in [1.807, 2.05) is 37.3 Å². The maximum Gasteiger partial charge on any atom is 0.269 e. The molecule has 3 nitrogen and oxygen atoms in total. The van der Waals surface area contributed by atoms with Crippen molar-refractivity contribution >= 4 is 5.91 Å². The van der Waals surface area contributed by atoms with Gasteiger partial charge in [0.25, 0.3) is 5.91 Å². The predicted molar refractivity (Wildman–Crippen MR) is 70.1 cm³/mol. The molecule has 0 unspecified atom stereocenters. The van der Waals surface area contributed by atoms with Crippen LogP contribution >= 0.6 is 0 Å². The van der Waals surface area contributed by atoms with Crippen molar-refractivity contribution in [3.05, 3.63) is 72.5 Å². The zero-order valence-electron chi connectivity index (χ0n) is 9.81. The first kappa shape index (κ1) is 12.8. The highest BCUT2D eigenvalue weighted by Crippen LogP contribution is 1.97. The van der Waals surface area contributed by atoms with Gasteiger partial charge in [0, 0.05) is 11.3 Å². The summed E-state index contributed by atoms with van der Waals surface area (Å²) in [5, 5.41) is 0. The molecule has 0 saturated carbocycles. The van der Waals surface area contributed by atoms with Crippen molar-refractivity contribution in [1.29, 1.82) is 0 Å². The molecule has 1 amide bonds. The molecule has 0 saturated heterocycles. The van der Waals surface area contributed by atoms with E-state index in [0.29, 0.717) is 5.56 Å². The molecule has 0 aliphatic heterocycles. The van der Waals surface area contributed by atoms with Gasteiger partial charge in [-0.3, -0.25) is 15.6 Å². The summed E-state index contributed by atoms with van der Waals surface area (Å²) in [6.07, 6.45) is 7.13. The SMILES string of the molecule is C=C/C=C\C(=C/C)NNC(=O)c1ccccc1. The second-order valence-electron chi connectivity index (χ2n) is 3.28. The average Bonchev–Trinajstić information content (AvgIpc) is 2.39. The number of hydrogen-bond acceptors (Lipinski definition) is 2. The van der Waals surface area contributed by atoms with Gasteiger partial charge in [0.05, 0.1) is 0 Å². The van der Waals surface area contributed by atoms with Gasteiger partial charge in [-0.05, 0) is 25.1 Å². The lowest BCUT2D eigenvalue weighted by Gasteiger charge is -2.08. The molecule has 1 rings (SSSR count). The number of carbonyl (C=O) groups excluding carboxylic acids is 1. The first-order chi connectivity index (χ1) is 8.27. The topological polar surface area (TPSA) is 41.1 Å². The third-order valence-corrected chi connectivity index (χ3v) is 2.08. The van der Waals surface area contributed by atoms with E-state index >= 15 is 0 Å². The van der Waals surface area contributed by atoms with Gasteiger partial charge in [0.2, 0.25) is 0 Å². The summed E-state index contributed by atoms with van der Waals surface area (Å²) >= 11 is 0. The third kappa shape index (κ3) is 4.38. The van der Waals surface area contributed by atoms with Gasteiger partial charge < -0.3 is 0 Å². The van der Waals surface area contributed by atoms with Crippen LogP contribution in [-0.2, 0) is 0 Å². The lowest BCUT2D eigenvalue weighted by atomic mass is 10.2. The van der Waals surface area contributed by atoms with Gasteiger partial charge in [-0.2, -0.15) is 0 Å². The largest absolute Gasteiger partial charge is 0.299 e. The van der Waals surface area contributed by atoms with Gasteiger partial charge in [-0.15, -0.1) is 0 Å². The highest BCUT2D eigenvalue weighted by molar-refractivity contribution is 5.93. The Hall–Kier alpha value is -2.29. The van der Waals surface area contributed by atoms with Crippen molar-refractivity contribution in [3.8, 4) is 0 Å². The monoisotopic (exact) mass is 228 g/mol. The number of hydrazine groups is 1. The Morgan fingerprint density at radius 3 is 2.53 bits per heavy atom. The summed E-state index contributed by atoms with van der Waals surface area (Å²) in [7, 11) is 0. The van der Waals surface area contributed by atoms with E-state index in [0.717, 1.165) is 5.70 Å². The van der Waals surface area contributed by atoms with Gasteiger partial charge in [-0.25, -0.2) is 0 Å². The van der Waals surface area contributed by atoms with E-state index in [9.17, 15) is 4.79 Å². The lowest BCUT2D eigenvalue weighted by Crippen LogP contribution is -2.36. The van der Waals surface area contributed by atoms with E-state index in [1.165, 1.54) is 0 Å². The zero-order valence-corrected chi connectivity index (χ0v) is 9.81. The summed E-state index contributed by atoms with van der Waals surface area (Å²) in [6, 6.07) is 9.03. The Bertz CT molecular complexity index is 433. The fourth-order valence-electron chi connectivity index (χ4n) is 1.17. The summed E-state index contributed by atoms with van der Waals surface area (Å²) in [5.74, 6) is -0.169. The third-order valence-electron chi connectivity index (χ3n) is 2.08. The van der Waals surface area contributed by atoms with Crippen molar-refractivity contribution < 1.29 is 4.79 Å². The summed E-state index contributed by atoms with van der Waals surface area (Å²) in [5.41, 5.74) is 6.86. The normalized spacial score (nSPS) is 11.2. The van der Waals surface area contributed by atoms with E-state index in [1.54, 1.807) is 24.3 Å². The Labute approximate surface area is 102 Å². The predicted octanol–water partition coefficient (Wildman–Crippen LogP) is 2.57. The van der Waals surface area contributed by atoms with Crippen molar-refractivity contribution in [2.75, 3.05) is 0 Å². The van der Waals surface area contributed by atoms with Crippen molar-refractivity contribution in [1.82, 2.24) is 10.9 Å². The van der Waals surface area contributed by atoms with E-state index < -0.39 is 0 Å². The molecular weight excluding hydrogens is 212 g/mol. The Morgan fingerprint density at radius 1 is 1.24 bits per heavy atom. The molecule has 17 heavy (non-hydrogen) atoms. The number of carbonyl (C=O) groups is 1. The minimum absolute atomic E-state index is 0.169. The number of rotatable bonds is 5. The van der Waals surface area contributed by atoms with Crippen molar-refractivity contribution in [2.45, 2.75) is 6.92 Å². The van der Waals surface area contributed by atoms with E-state index in [4.69, 9.17) is 0 Å². The second-order valence-corrected chi connectivity index (χ2v) is 3.28. The van der Waals surface area contributed by atoms with Crippen LogP contribution < -0.4 is 10.9 Å². The summed E-state index contributed by atoms with van der Waals surface area (Å²) in [4.78, 5) is 11.7. The molecule has 0 atom stereocenters. The van der Waals surface area contributed by atoms with Gasteiger partial charge in [-0.1, -0.05) is 43.0 Å². The molecule has 0 aliphatic rings. The van der Waals surface area contributed by atoms with E-state index in [2.05, 4.69) is 17.4 Å². The smallest absolute Gasteiger partial charge is 0.269 e. The Kier molecular flexibility index (Phi) is 5.31. The average molecular weight is 228 g/mol. The van der Waals surface area contributed by atoms with Crippen LogP contribution in [0.1, 0.15) is 17.3 Å². The summed E-state index contributed by atoms with van der Waals surface area (Å²) < 4.78 is 0. The van der Waals surface area contributed by atoms with Crippen molar-refractivity contribution in [2.24, 2.45) is 0 Å². The molecule has 88 valence electrons. The van der Waals surface area contributed by atoms with Gasteiger partial charge in [0.15, 0.2) is 0 Å². The molecule has 0 radical (unpaired) electrons. The van der Waals surface area contributed by atoms with Crippen molar-refractivity contribution in [3.63, 3.8) is 0 Å². The second kappa shape index (κ2) is 7.06. The first-order valence-corrected chi connectivity index (χ1v) is 5.34. The molecule has 0 bridgehead atoms. The fraction of sp³-hybridized carbons (Fsp3) is 0.0714. The van der Waals surface area contributed by atoms with E-state index in [-0.39, 0.29) is 5.91 Å². The molecule has 0 spiro atoms. The number of nitrogens with one attached hydrogen (secondary N) is 2. The molecule has 0 aromatic heterocycles. The minimum Gasteiger partial charge on any atom is -0.299 e. The maximum atomic E-state index is 11.7. The van der Waals surface area contributed by atoms with Crippen LogP contribution in [0.25, 0.3) is 0 Å². The number of amides is 1. The molecule has 0 fully saturated rings. The Balaban J connectivity index is 2.53. The fourth-order valence-corrected chi connectivity index (χ4v) is 1.17. The highest BCUT2D eigenvalue weighted by atomic mass is 16.2. The first-order valence-electron chi connectivity index (χ1n) is 5.34. The van der Waals surface area contributed by atoms with Gasteiger partial charge >= 0.3 is 0 Å². The van der Waals surface area contributed by atoms with Gasteiger partial charge in [0.1, 0.15) is 0 Å². The number of hydrogen-bond donors (Lipinski definition) is 2. The molecule has 3 heteroatoms. The molecule has 1 aromatic carbocycles. The molecular formula is C14H16N2O. The number of benzene rings is 1. The summed E-state index contributed by atoms with van der Waals surface area (Å²) in [6.45, 7) is 5.46. The molecule has 0 heterocycles. The standard InChI is InChI=1S/C14H16N2O/c1-3-5-11-13(4-2)15-16-14(17)12-9-7-6-8-10-12/h3-11,15H,1H2,2H3,(H,16,17)/b11-5-,13-4+. The quantitative estimate of drug-likeness (QED) is 0.600. The highest BCUT2D eigenvalue weighted by Gasteiger charge is 2.02. The zero-order chi connectivity index (χ0) is 12.5. The molecule has 1 aromatic rings. The van der Waals surface area contributed by atoms with Crippen LogP contribution in [0.4, 0.5) is 0 Å². The van der Waals surface area contributed by atoms with Crippen LogP contribution in [0.2, 0.25) is 0 Å². The molecule has 2 N–H and O–H groups in total. The molecule has 0 aliphatic carbocycles. The van der Waals surface area contributed by atoms with Crippen LogP contribution in [0.5, 0.6) is 0 Å².